The lowest BCUT2D eigenvalue weighted by Gasteiger charge is -2.17. The fourth-order valence-corrected chi connectivity index (χ4v) is 2.65. The molecule has 1 aliphatic heterocycles. The highest BCUT2D eigenvalue weighted by Gasteiger charge is 2.36. The highest BCUT2D eigenvalue weighted by Crippen LogP contribution is 2.35. The largest absolute Gasteiger partial charge is 0.506 e. The maximum Gasteiger partial charge on any atom is 0.334 e. The fraction of sp³-hybridized carbons (Fsp3) is 0.188. The Bertz CT molecular complexity index is 818. The molecule has 3 amide bonds. The Balaban J connectivity index is 1.94. The van der Waals surface area contributed by atoms with Crippen molar-refractivity contribution >= 4 is 35.0 Å². The molecule has 0 aliphatic carbocycles. The van der Waals surface area contributed by atoms with Crippen LogP contribution in [-0.2, 0) is 11.2 Å². The zero-order valence-electron chi connectivity index (χ0n) is 12.6. The molecule has 118 valence electrons. The van der Waals surface area contributed by atoms with Crippen molar-refractivity contribution < 1.29 is 14.7 Å². The van der Waals surface area contributed by atoms with Crippen LogP contribution >= 0.6 is 11.6 Å². The molecule has 2 aromatic rings. The molecular formula is C16H14ClN3O3. The van der Waals surface area contributed by atoms with Gasteiger partial charge in [0.15, 0.2) is 0 Å². The molecule has 2 heterocycles. The number of carbonyl (C=O) groups is 2. The molecule has 7 heteroatoms. The molecule has 0 spiro atoms. The molecule has 0 bridgehead atoms. The normalized spacial score (nSPS) is 13.2. The van der Waals surface area contributed by atoms with Gasteiger partial charge in [-0.05, 0) is 38.1 Å². The van der Waals surface area contributed by atoms with E-state index in [2.05, 4.69) is 10.3 Å². The number of nitrogens with one attached hydrogen (secondary N) is 1. The predicted molar refractivity (Wildman–Crippen MR) is 87.0 cm³/mol. The molecule has 0 atom stereocenters. The number of aromatic nitrogens is 1. The maximum atomic E-state index is 12.4. The number of imide groups is 1. The second-order valence-corrected chi connectivity index (χ2v) is 5.75. The standard InChI is InChI=1S/C16H14ClN3O3/c1-8-12-7-13(21)20(15(12)18-9(2)14(8)22)16(23)19-11-5-3-10(17)4-6-11/h3-6,22H,7H2,1-2H3,(H,19,23). The van der Waals surface area contributed by atoms with Gasteiger partial charge in [-0.25, -0.2) is 14.7 Å². The van der Waals surface area contributed by atoms with Crippen LogP contribution < -0.4 is 10.2 Å². The molecule has 0 saturated heterocycles. The number of aryl methyl sites for hydroxylation is 1. The predicted octanol–water partition coefficient (Wildman–Crippen LogP) is 3.18. The van der Waals surface area contributed by atoms with E-state index in [-0.39, 0.29) is 23.9 Å². The van der Waals surface area contributed by atoms with Gasteiger partial charge in [0.25, 0.3) is 0 Å². The van der Waals surface area contributed by atoms with E-state index in [0.29, 0.717) is 27.5 Å². The molecular weight excluding hydrogens is 318 g/mol. The summed E-state index contributed by atoms with van der Waals surface area (Å²) < 4.78 is 0. The minimum absolute atomic E-state index is 0.0377. The monoisotopic (exact) mass is 331 g/mol. The average molecular weight is 332 g/mol. The van der Waals surface area contributed by atoms with E-state index in [1.807, 2.05) is 0 Å². The van der Waals surface area contributed by atoms with Crippen LogP contribution in [0.4, 0.5) is 16.3 Å². The number of fused-ring (bicyclic) bond motifs is 1. The third-order valence-electron chi connectivity index (χ3n) is 3.78. The summed E-state index contributed by atoms with van der Waals surface area (Å²) in [5.74, 6) is -0.0576. The molecule has 23 heavy (non-hydrogen) atoms. The first-order valence-corrected chi connectivity index (χ1v) is 7.35. The number of hydrogen-bond acceptors (Lipinski definition) is 4. The van der Waals surface area contributed by atoms with Gasteiger partial charge in [-0.3, -0.25) is 4.79 Å². The second kappa shape index (κ2) is 5.55. The molecule has 0 saturated carbocycles. The van der Waals surface area contributed by atoms with Crippen LogP contribution in [0.25, 0.3) is 0 Å². The van der Waals surface area contributed by atoms with Crippen molar-refractivity contribution in [2.45, 2.75) is 20.3 Å². The lowest BCUT2D eigenvalue weighted by Crippen LogP contribution is -2.37. The van der Waals surface area contributed by atoms with Gasteiger partial charge < -0.3 is 10.4 Å². The van der Waals surface area contributed by atoms with Crippen molar-refractivity contribution in [2.75, 3.05) is 10.2 Å². The average Bonchev–Trinajstić information content (AvgIpc) is 2.84. The molecule has 1 aromatic heterocycles. The summed E-state index contributed by atoms with van der Waals surface area (Å²) in [6.07, 6.45) is 0.0377. The zero-order chi connectivity index (χ0) is 16.7. The van der Waals surface area contributed by atoms with Gasteiger partial charge >= 0.3 is 6.03 Å². The Labute approximate surface area is 137 Å². The van der Waals surface area contributed by atoms with Crippen LogP contribution in [0.3, 0.4) is 0 Å². The van der Waals surface area contributed by atoms with Crippen molar-refractivity contribution in [2.24, 2.45) is 0 Å². The number of urea groups is 1. The van der Waals surface area contributed by atoms with E-state index < -0.39 is 6.03 Å². The van der Waals surface area contributed by atoms with Crippen LogP contribution in [0.2, 0.25) is 5.02 Å². The minimum atomic E-state index is -0.590. The Morgan fingerprint density at radius 3 is 2.61 bits per heavy atom. The molecule has 0 radical (unpaired) electrons. The van der Waals surface area contributed by atoms with E-state index in [9.17, 15) is 14.7 Å². The number of hydrogen-bond donors (Lipinski definition) is 2. The van der Waals surface area contributed by atoms with Gasteiger partial charge in [0.1, 0.15) is 11.6 Å². The smallest absolute Gasteiger partial charge is 0.334 e. The van der Waals surface area contributed by atoms with E-state index >= 15 is 0 Å². The SMILES string of the molecule is Cc1nc2c(c(C)c1O)CC(=O)N2C(=O)Nc1ccc(Cl)cc1. The summed E-state index contributed by atoms with van der Waals surface area (Å²) in [6.45, 7) is 3.33. The van der Waals surface area contributed by atoms with Crippen LogP contribution in [0.5, 0.6) is 5.75 Å². The van der Waals surface area contributed by atoms with Gasteiger partial charge in [0.2, 0.25) is 5.91 Å². The highest BCUT2D eigenvalue weighted by atomic mass is 35.5. The zero-order valence-corrected chi connectivity index (χ0v) is 13.3. The molecule has 6 nitrogen and oxygen atoms in total. The number of pyridine rings is 1. The van der Waals surface area contributed by atoms with Crippen LogP contribution in [0.15, 0.2) is 24.3 Å². The maximum absolute atomic E-state index is 12.4. The summed E-state index contributed by atoms with van der Waals surface area (Å²) in [5, 5.41) is 13.1. The molecule has 3 rings (SSSR count). The van der Waals surface area contributed by atoms with Crippen molar-refractivity contribution in [3.05, 3.63) is 46.1 Å². The Hall–Kier alpha value is -2.60. The van der Waals surface area contributed by atoms with E-state index in [0.717, 1.165) is 4.90 Å². The number of anilines is 2. The molecule has 0 fully saturated rings. The van der Waals surface area contributed by atoms with Crippen molar-refractivity contribution in [1.82, 2.24) is 4.98 Å². The molecule has 2 N–H and O–H groups in total. The van der Waals surface area contributed by atoms with Crippen LogP contribution in [0.1, 0.15) is 16.8 Å². The Morgan fingerprint density at radius 2 is 1.96 bits per heavy atom. The summed E-state index contributed by atoms with van der Waals surface area (Å²) in [4.78, 5) is 29.9. The molecule has 1 aliphatic rings. The lowest BCUT2D eigenvalue weighted by atomic mass is 10.1. The number of aromatic hydroxyl groups is 1. The van der Waals surface area contributed by atoms with Crippen LogP contribution in [-0.4, -0.2) is 22.0 Å². The van der Waals surface area contributed by atoms with Crippen molar-refractivity contribution in [3.8, 4) is 5.75 Å². The third kappa shape index (κ3) is 2.61. The molecule has 1 aromatic carbocycles. The number of benzene rings is 1. The number of halogens is 1. The second-order valence-electron chi connectivity index (χ2n) is 5.32. The topological polar surface area (TPSA) is 82.5 Å². The van der Waals surface area contributed by atoms with Gasteiger partial charge in [0.05, 0.1) is 12.1 Å². The quantitative estimate of drug-likeness (QED) is 0.840. The number of rotatable bonds is 1. The van der Waals surface area contributed by atoms with E-state index in [1.165, 1.54) is 0 Å². The molecule has 0 unspecified atom stereocenters. The summed E-state index contributed by atoms with van der Waals surface area (Å²) in [6, 6.07) is 5.97. The summed E-state index contributed by atoms with van der Waals surface area (Å²) in [7, 11) is 0. The number of carbonyl (C=O) groups excluding carboxylic acids is 2. The fourth-order valence-electron chi connectivity index (χ4n) is 2.53. The van der Waals surface area contributed by atoms with E-state index in [1.54, 1.807) is 38.1 Å². The first-order valence-electron chi connectivity index (χ1n) is 6.97. The van der Waals surface area contributed by atoms with Gasteiger partial charge in [-0.2, -0.15) is 0 Å². The highest BCUT2D eigenvalue weighted by molar-refractivity contribution is 6.30. The van der Waals surface area contributed by atoms with E-state index in [4.69, 9.17) is 11.6 Å². The van der Waals surface area contributed by atoms with Gasteiger partial charge in [-0.1, -0.05) is 11.6 Å². The lowest BCUT2D eigenvalue weighted by molar-refractivity contribution is -0.116. The number of amides is 3. The van der Waals surface area contributed by atoms with Crippen molar-refractivity contribution in [1.29, 1.82) is 0 Å². The first kappa shape index (κ1) is 15.3. The summed E-state index contributed by atoms with van der Waals surface area (Å²) >= 11 is 5.80. The third-order valence-corrected chi connectivity index (χ3v) is 4.03. The Morgan fingerprint density at radius 1 is 1.30 bits per heavy atom. The number of nitrogens with zero attached hydrogens (tertiary/aromatic N) is 2. The van der Waals surface area contributed by atoms with Crippen LogP contribution in [0, 0.1) is 13.8 Å². The Kier molecular flexibility index (Phi) is 3.69. The minimum Gasteiger partial charge on any atom is -0.506 e. The van der Waals surface area contributed by atoms with Crippen molar-refractivity contribution in [3.63, 3.8) is 0 Å². The van der Waals surface area contributed by atoms with Gasteiger partial charge in [-0.15, -0.1) is 0 Å². The summed E-state index contributed by atoms with van der Waals surface area (Å²) in [5.41, 5.74) is 2.04. The van der Waals surface area contributed by atoms with Gasteiger partial charge in [0, 0.05) is 21.8 Å². The first-order chi connectivity index (χ1) is 10.9.